The van der Waals surface area contributed by atoms with Crippen molar-refractivity contribution in [3.05, 3.63) is 59.0 Å². The number of benzene rings is 1. The van der Waals surface area contributed by atoms with Gasteiger partial charge >= 0.3 is 6.18 Å². The van der Waals surface area contributed by atoms with Crippen molar-refractivity contribution in [2.45, 2.75) is 19.3 Å². The van der Waals surface area contributed by atoms with E-state index < -0.39 is 11.7 Å². The lowest BCUT2D eigenvalue weighted by molar-refractivity contribution is -0.138. The minimum absolute atomic E-state index is 0.0496. The van der Waals surface area contributed by atoms with Crippen LogP contribution in [0.3, 0.4) is 0 Å². The first-order chi connectivity index (χ1) is 13.4. The lowest BCUT2D eigenvalue weighted by Crippen LogP contribution is -2.12. The standard InChI is InChI=1S/C17H16ClF3N6O/c18-14-9-23-16(25-12-8-24-27(10-12)5-6-28)26-15(14)22-7-11-3-1-2-4-13(11)17(19,20)21/h1-4,8-10,28H,5-7H2,(H2,22,23,25,26). The van der Waals surface area contributed by atoms with Gasteiger partial charge in [0.1, 0.15) is 5.02 Å². The van der Waals surface area contributed by atoms with Gasteiger partial charge in [-0.3, -0.25) is 4.68 Å². The quantitative estimate of drug-likeness (QED) is 0.548. The minimum atomic E-state index is -4.45. The molecule has 1 aromatic carbocycles. The van der Waals surface area contributed by atoms with Crippen molar-refractivity contribution >= 4 is 29.1 Å². The first-order valence-corrected chi connectivity index (χ1v) is 8.56. The highest BCUT2D eigenvalue weighted by Gasteiger charge is 2.32. The lowest BCUT2D eigenvalue weighted by Gasteiger charge is -2.14. The zero-order valence-electron chi connectivity index (χ0n) is 14.4. The first-order valence-electron chi connectivity index (χ1n) is 8.18. The molecule has 0 radical (unpaired) electrons. The Hall–Kier alpha value is -2.85. The van der Waals surface area contributed by atoms with Crippen LogP contribution in [0, 0.1) is 0 Å². The molecule has 0 saturated heterocycles. The van der Waals surface area contributed by atoms with Gasteiger partial charge in [0.05, 0.1) is 36.8 Å². The summed E-state index contributed by atoms with van der Waals surface area (Å²) in [5.41, 5.74) is -0.0593. The third-order valence-electron chi connectivity index (χ3n) is 3.73. The normalized spacial score (nSPS) is 11.5. The van der Waals surface area contributed by atoms with E-state index in [1.54, 1.807) is 6.20 Å². The van der Waals surface area contributed by atoms with E-state index in [1.165, 1.54) is 35.3 Å². The number of aromatic nitrogens is 4. The summed E-state index contributed by atoms with van der Waals surface area (Å²) in [6, 6.07) is 5.28. The van der Waals surface area contributed by atoms with E-state index in [-0.39, 0.29) is 35.5 Å². The molecule has 2 heterocycles. The molecule has 148 valence electrons. The molecular formula is C17H16ClF3N6O. The second-order valence-corrected chi connectivity index (χ2v) is 6.15. The van der Waals surface area contributed by atoms with Crippen molar-refractivity contribution in [3.8, 4) is 0 Å². The summed E-state index contributed by atoms with van der Waals surface area (Å²) >= 11 is 6.06. The highest BCUT2D eigenvalue weighted by atomic mass is 35.5. The Balaban J connectivity index is 1.74. The van der Waals surface area contributed by atoms with Gasteiger partial charge < -0.3 is 15.7 Å². The number of aliphatic hydroxyl groups excluding tert-OH is 1. The number of anilines is 3. The summed E-state index contributed by atoms with van der Waals surface area (Å²) in [6.07, 6.45) is 0.0728. The molecule has 2 aromatic heterocycles. The van der Waals surface area contributed by atoms with Crippen molar-refractivity contribution in [2.75, 3.05) is 17.2 Å². The summed E-state index contributed by atoms with van der Waals surface area (Å²) in [7, 11) is 0. The largest absolute Gasteiger partial charge is 0.416 e. The Morgan fingerprint density at radius 1 is 1.18 bits per heavy atom. The zero-order chi connectivity index (χ0) is 20.1. The van der Waals surface area contributed by atoms with Crippen LogP contribution in [0.25, 0.3) is 0 Å². The molecule has 7 nitrogen and oxygen atoms in total. The molecule has 0 amide bonds. The Labute approximate surface area is 163 Å². The van der Waals surface area contributed by atoms with Crippen LogP contribution in [0.4, 0.5) is 30.6 Å². The van der Waals surface area contributed by atoms with Crippen LogP contribution in [0.5, 0.6) is 0 Å². The van der Waals surface area contributed by atoms with E-state index in [4.69, 9.17) is 16.7 Å². The fourth-order valence-electron chi connectivity index (χ4n) is 2.46. The highest BCUT2D eigenvalue weighted by molar-refractivity contribution is 6.32. The van der Waals surface area contributed by atoms with Crippen LogP contribution in [-0.4, -0.2) is 31.5 Å². The molecule has 3 aromatic rings. The van der Waals surface area contributed by atoms with Crippen LogP contribution in [0.15, 0.2) is 42.9 Å². The second kappa shape index (κ2) is 8.44. The first kappa shape index (κ1) is 19.9. The fourth-order valence-corrected chi connectivity index (χ4v) is 2.62. The Bertz CT molecular complexity index is 947. The maximum atomic E-state index is 13.1. The average Bonchev–Trinajstić information content (AvgIpc) is 3.09. The number of halogens is 4. The molecule has 11 heteroatoms. The summed E-state index contributed by atoms with van der Waals surface area (Å²) in [5, 5.41) is 18.9. The van der Waals surface area contributed by atoms with Crippen molar-refractivity contribution in [1.82, 2.24) is 19.7 Å². The Morgan fingerprint density at radius 2 is 1.96 bits per heavy atom. The van der Waals surface area contributed by atoms with E-state index in [9.17, 15) is 13.2 Å². The number of rotatable bonds is 7. The van der Waals surface area contributed by atoms with Gasteiger partial charge in [-0.15, -0.1) is 0 Å². The van der Waals surface area contributed by atoms with E-state index in [2.05, 4.69) is 25.7 Å². The molecular weight excluding hydrogens is 397 g/mol. The van der Waals surface area contributed by atoms with E-state index in [0.717, 1.165) is 6.07 Å². The van der Waals surface area contributed by atoms with E-state index >= 15 is 0 Å². The average molecular weight is 413 g/mol. The smallest absolute Gasteiger partial charge is 0.394 e. The van der Waals surface area contributed by atoms with Gasteiger partial charge in [-0.25, -0.2) is 4.98 Å². The number of nitrogens with one attached hydrogen (secondary N) is 2. The van der Waals surface area contributed by atoms with Crippen molar-refractivity contribution in [1.29, 1.82) is 0 Å². The van der Waals surface area contributed by atoms with Crippen LogP contribution in [0.2, 0.25) is 5.02 Å². The van der Waals surface area contributed by atoms with Crippen LogP contribution in [-0.2, 0) is 19.3 Å². The fraction of sp³-hybridized carbons (Fsp3) is 0.235. The Kier molecular flexibility index (Phi) is 6.00. The summed E-state index contributed by atoms with van der Waals surface area (Å²) < 4.78 is 40.8. The van der Waals surface area contributed by atoms with E-state index in [0.29, 0.717) is 12.2 Å². The van der Waals surface area contributed by atoms with Crippen LogP contribution >= 0.6 is 11.6 Å². The van der Waals surface area contributed by atoms with Crippen molar-refractivity contribution < 1.29 is 18.3 Å². The third-order valence-corrected chi connectivity index (χ3v) is 4.01. The molecule has 0 spiro atoms. The van der Waals surface area contributed by atoms with Crippen molar-refractivity contribution in [2.24, 2.45) is 0 Å². The second-order valence-electron chi connectivity index (χ2n) is 5.74. The predicted molar refractivity (Wildman–Crippen MR) is 98.4 cm³/mol. The summed E-state index contributed by atoms with van der Waals surface area (Å²) in [6.45, 7) is 0.181. The highest BCUT2D eigenvalue weighted by Crippen LogP contribution is 2.32. The van der Waals surface area contributed by atoms with E-state index in [1.807, 2.05) is 0 Å². The van der Waals surface area contributed by atoms with Gasteiger partial charge in [-0.2, -0.15) is 23.3 Å². The molecule has 3 rings (SSSR count). The molecule has 0 unspecified atom stereocenters. The predicted octanol–water partition coefficient (Wildman–Crippen LogP) is 3.69. The topological polar surface area (TPSA) is 87.9 Å². The molecule has 3 N–H and O–H groups in total. The van der Waals surface area contributed by atoms with Gasteiger partial charge in [0.15, 0.2) is 5.82 Å². The third kappa shape index (κ3) is 4.90. The van der Waals surface area contributed by atoms with Gasteiger partial charge in [0, 0.05) is 12.7 Å². The molecule has 0 bridgehead atoms. The molecule has 28 heavy (non-hydrogen) atoms. The van der Waals surface area contributed by atoms with Crippen molar-refractivity contribution in [3.63, 3.8) is 0 Å². The number of nitrogens with zero attached hydrogens (tertiary/aromatic N) is 4. The summed E-state index contributed by atoms with van der Waals surface area (Å²) in [5.74, 6) is 0.387. The molecule has 0 atom stereocenters. The van der Waals surface area contributed by atoms with Crippen LogP contribution < -0.4 is 10.6 Å². The maximum Gasteiger partial charge on any atom is 0.416 e. The monoisotopic (exact) mass is 412 g/mol. The van der Waals surface area contributed by atoms with Gasteiger partial charge in [0.2, 0.25) is 5.95 Å². The lowest BCUT2D eigenvalue weighted by atomic mass is 10.1. The van der Waals surface area contributed by atoms with Gasteiger partial charge in [0.25, 0.3) is 0 Å². The Morgan fingerprint density at radius 3 is 2.71 bits per heavy atom. The molecule has 0 saturated carbocycles. The molecule has 0 aliphatic heterocycles. The molecule has 0 aliphatic carbocycles. The minimum Gasteiger partial charge on any atom is -0.394 e. The number of alkyl halides is 3. The van der Waals surface area contributed by atoms with Crippen LogP contribution in [0.1, 0.15) is 11.1 Å². The van der Waals surface area contributed by atoms with Gasteiger partial charge in [-0.05, 0) is 11.6 Å². The SMILES string of the molecule is OCCn1cc(Nc2ncc(Cl)c(NCc3ccccc3C(F)(F)F)n2)cn1. The molecule has 0 aliphatic rings. The number of hydrogen-bond donors (Lipinski definition) is 3. The van der Waals surface area contributed by atoms with Gasteiger partial charge in [-0.1, -0.05) is 29.8 Å². The molecule has 0 fully saturated rings. The number of hydrogen-bond acceptors (Lipinski definition) is 6. The maximum absolute atomic E-state index is 13.1. The summed E-state index contributed by atoms with van der Waals surface area (Å²) in [4.78, 5) is 8.24. The number of aliphatic hydroxyl groups is 1. The zero-order valence-corrected chi connectivity index (χ0v) is 15.2.